The first-order valence-corrected chi connectivity index (χ1v) is 25.4. The Balaban J connectivity index is 1.14. The molecule has 2 aliphatic heterocycles. The van der Waals surface area contributed by atoms with E-state index in [0.717, 1.165) is 54.9 Å². The van der Waals surface area contributed by atoms with E-state index in [2.05, 4.69) is 33.9 Å². The second-order valence-electron chi connectivity index (χ2n) is 18.9. The molecule has 1 saturated heterocycles. The maximum Gasteiger partial charge on any atom is 0.336 e. The first-order chi connectivity index (χ1) is 31.3. The van der Waals surface area contributed by atoms with Crippen molar-refractivity contribution < 1.29 is 42.2 Å². The summed E-state index contributed by atoms with van der Waals surface area (Å²) >= 11 is 0. The van der Waals surface area contributed by atoms with Crippen LogP contribution in [0.5, 0.6) is 11.5 Å². The highest BCUT2D eigenvalue weighted by Crippen LogP contribution is 2.41. The van der Waals surface area contributed by atoms with Crippen LogP contribution in [-0.2, 0) is 36.0 Å². The molecule has 0 unspecified atom stereocenters. The number of aromatic carboxylic acids is 1. The highest BCUT2D eigenvalue weighted by atomic mass is 28.4. The minimum absolute atomic E-state index is 0.00718. The van der Waals surface area contributed by atoms with E-state index >= 15 is 0 Å². The summed E-state index contributed by atoms with van der Waals surface area (Å²) in [6, 6.07) is 22.6. The molecule has 2 aliphatic rings. The number of carbonyl (C=O) groups is 3. The number of nitrogens with zero attached hydrogens (tertiary/aromatic N) is 5. The van der Waals surface area contributed by atoms with Gasteiger partial charge in [0, 0.05) is 61.7 Å². The molecule has 2 amide bonds. The molecule has 12 nitrogen and oxygen atoms in total. The summed E-state index contributed by atoms with van der Waals surface area (Å²) in [5.41, 5.74) is 4.20. The van der Waals surface area contributed by atoms with E-state index in [1.54, 1.807) is 59.8 Å². The summed E-state index contributed by atoms with van der Waals surface area (Å²) in [6.07, 6.45) is 3.78. The van der Waals surface area contributed by atoms with Gasteiger partial charge < -0.3 is 28.5 Å². The smallest absolute Gasteiger partial charge is 0.336 e. The highest BCUT2D eigenvalue weighted by Gasteiger charge is 2.39. The van der Waals surface area contributed by atoms with Crippen LogP contribution < -0.4 is 14.1 Å². The Morgan fingerprint density at radius 2 is 1.61 bits per heavy atom. The molecule has 0 saturated carbocycles. The third kappa shape index (κ3) is 9.95. The molecule has 7 rings (SSSR count). The van der Waals surface area contributed by atoms with Crippen LogP contribution in [0.3, 0.4) is 0 Å². The van der Waals surface area contributed by atoms with Crippen LogP contribution in [0, 0.1) is 31.1 Å². The van der Waals surface area contributed by atoms with Crippen molar-refractivity contribution in [2.45, 2.75) is 97.9 Å². The lowest BCUT2D eigenvalue weighted by atomic mass is 9.91. The molecule has 4 heterocycles. The maximum atomic E-state index is 15.0. The Morgan fingerprint density at radius 3 is 2.21 bits per heavy atom. The number of carboxylic acid groups (broad SMARTS) is 1. The molecule has 5 aromatic rings. The van der Waals surface area contributed by atoms with Crippen molar-refractivity contribution in [3.05, 3.63) is 118 Å². The van der Waals surface area contributed by atoms with Crippen molar-refractivity contribution in [3.63, 3.8) is 0 Å². The van der Waals surface area contributed by atoms with Crippen molar-refractivity contribution in [1.82, 2.24) is 14.0 Å². The minimum atomic E-state index is -3.03. The molecule has 0 atom stereocenters. The van der Waals surface area contributed by atoms with Gasteiger partial charge in [0.2, 0.25) is 14.2 Å². The quantitative estimate of drug-likeness (QED) is 0.109. The normalized spacial score (nSPS) is 14.5. The Bertz CT molecular complexity index is 2650. The van der Waals surface area contributed by atoms with Crippen LogP contribution in [0.15, 0.2) is 72.8 Å². The number of ether oxygens (including phenoxy) is 2. The van der Waals surface area contributed by atoms with Crippen LogP contribution in [0.2, 0.25) is 18.1 Å². The number of anilines is 2. The fraction of sp³-hybridized carbons (Fsp3) is 0.412. The summed E-state index contributed by atoms with van der Waals surface area (Å²) in [5, 5.41) is 20.4. The topological polar surface area (TPSA) is 139 Å². The zero-order valence-corrected chi connectivity index (χ0v) is 40.0. The summed E-state index contributed by atoms with van der Waals surface area (Å²) in [5.74, 6) is 0.167. The van der Waals surface area contributed by atoms with E-state index in [9.17, 15) is 33.5 Å². The maximum absolute atomic E-state index is 15.0. The van der Waals surface area contributed by atoms with Crippen molar-refractivity contribution in [1.29, 1.82) is 5.26 Å². The second kappa shape index (κ2) is 19.3. The lowest BCUT2D eigenvalue weighted by Crippen LogP contribution is -2.43. The lowest BCUT2D eigenvalue weighted by molar-refractivity contribution is -0.131. The second-order valence-corrected chi connectivity index (χ2v) is 23.6. The molecule has 0 spiro atoms. The standard InChI is InChI=1S/C51H59F2N5O7Si/c1-32-42(48(60)58(45-28-39(30-54)57(33(45)2)50(52)53)38-11-15-41(16-12-38)65-66(7,8)51(3,4)5)29-46(55(32)6)43-26-36-17-21-56(31-37(36)27-44(43)49(61)62)47(59)25-35-9-13-40(14-10-35)64-24-20-34-18-22-63-23-19-34/h9-16,26-29,34,50H,17-25,31H2,1-8H3,(H,61,62). The number of carbonyl (C=O) groups excluding carboxylic acids is 2. The number of hydrogen-bond acceptors (Lipinski definition) is 7. The van der Waals surface area contributed by atoms with Gasteiger partial charge in [0.1, 0.15) is 23.3 Å². The molecule has 1 N–H and O–H groups in total. The van der Waals surface area contributed by atoms with E-state index in [1.807, 2.05) is 36.4 Å². The number of alkyl halides is 2. The SMILES string of the molecule is Cc1c(C(=O)N(c2ccc(O[Si](C)(C)C(C)(C)C)cc2)c2cc(C#N)n(C(F)F)c2C)cc(-c2cc3c(cc2C(=O)O)CN(C(=O)Cc2ccc(OCCC4CCOCC4)cc2)CC3)n1C. The average molecular weight is 920 g/mol. The molecule has 0 aliphatic carbocycles. The van der Waals surface area contributed by atoms with Gasteiger partial charge in [0.05, 0.1) is 29.8 Å². The van der Waals surface area contributed by atoms with Crippen LogP contribution in [-0.4, -0.2) is 71.6 Å². The Morgan fingerprint density at radius 1 is 0.939 bits per heavy atom. The average Bonchev–Trinajstić information content (AvgIpc) is 3.77. The van der Waals surface area contributed by atoms with Gasteiger partial charge in [0.25, 0.3) is 5.91 Å². The zero-order chi connectivity index (χ0) is 47.7. The van der Waals surface area contributed by atoms with Crippen LogP contribution >= 0.6 is 0 Å². The fourth-order valence-electron chi connectivity index (χ4n) is 8.52. The number of nitriles is 1. The summed E-state index contributed by atoms with van der Waals surface area (Å²) < 4.78 is 49.0. The molecule has 66 heavy (non-hydrogen) atoms. The third-order valence-electron chi connectivity index (χ3n) is 13.7. The van der Waals surface area contributed by atoms with E-state index in [0.29, 0.717) is 58.4 Å². The van der Waals surface area contributed by atoms with Gasteiger partial charge in [-0.15, -0.1) is 0 Å². The zero-order valence-electron chi connectivity index (χ0n) is 39.0. The number of hydrogen-bond donors (Lipinski definition) is 1. The van der Waals surface area contributed by atoms with Gasteiger partial charge in [-0.25, -0.2) is 4.79 Å². The van der Waals surface area contributed by atoms with Crippen molar-refractivity contribution >= 4 is 37.5 Å². The number of amides is 2. The van der Waals surface area contributed by atoms with Gasteiger partial charge in [-0.05, 0) is 141 Å². The lowest BCUT2D eigenvalue weighted by Gasteiger charge is -2.36. The van der Waals surface area contributed by atoms with Crippen LogP contribution in [0.1, 0.15) is 101 Å². The Labute approximate surface area is 386 Å². The van der Waals surface area contributed by atoms with Gasteiger partial charge in [-0.1, -0.05) is 32.9 Å². The molecular weight excluding hydrogens is 861 g/mol. The van der Waals surface area contributed by atoms with Crippen molar-refractivity contribution in [3.8, 4) is 28.8 Å². The van der Waals surface area contributed by atoms with Crippen molar-refractivity contribution in [2.75, 3.05) is 31.3 Å². The number of benzene rings is 3. The predicted octanol–water partition coefficient (Wildman–Crippen LogP) is 10.8. The van der Waals surface area contributed by atoms with Gasteiger partial charge in [-0.2, -0.15) is 14.0 Å². The molecule has 15 heteroatoms. The summed E-state index contributed by atoms with van der Waals surface area (Å²) in [4.78, 5) is 44.6. The number of fused-ring (bicyclic) bond motifs is 1. The van der Waals surface area contributed by atoms with Crippen LogP contribution in [0.25, 0.3) is 11.3 Å². The van der Waals surface area contributed by atoms with Crippen LogP contribution in [0.4, 0.5) is 20.2 Å². The molecule has 3 aromatic carbocycles. The predicted molar refractivity (Wildman–Crippen MR) is 251 cm³/mol. The minimum Gasteiger partial charge on any atom is -0.544 e. The van der Waals surface area contributed by atoms with Gasteiger partial charge in [0.15, 0.2) is 0 Å². The molecule has 0 bridgehead atoms. The van der Waals surface area contributed by atoms with E-state index < -0.39 is 26.7 Å². The molecule has 1 fully saturated rings. The first-order valence-electron chi connectivity index (χ1n) is 22.4. The largest absolute Gasteiger partial charge is 0.544 e. The van der Waals surface area contributed by atoms with Gasteiger partial charge in [-0.3, -0.25) is 19.1 Å². The monoisotopic (exact) mass is 919 g/mol. The summed E-state index contributed by atoms with van der Waals surface area (Å²) in [6.45, 7) is 13.7. The molecular formula is C51H59F2N5O7Si. The Kier molecular flexibility index (Phi) is 14.0. The third-order valence-corrected chi connectivity index (χ3v) is 18.0. The number of aromatic nitrogens is 2. The van der Waals surface area contributed by atoms with Crippen molar-refractivity contribution in [2.24, 2.45) is 13.0 Å². The van der Waals surface area contributed by atoms with Gasteiger partial charge >= 0.3 is 12.5 Å². The number of carboxylic acids is 1. The fourth-order valence-corrected chi connectivity index (χ4v) is 9.55. The molecule has 2 aromatic heterocycles. The van der Waals surface area contributed by atoms with E-state index in [1.165, 1.54) is 17.9 Å². The van der Waals surface area contributed by atoms with E-state index in [-0.39, 0.29) is 52.1 Å². The van der Waals surface area contributed by atoms with E-state index in [4.69, 9.17) is 13.9 Å². The number of rotatable bonds is 14. The Hall–Kier alpha value is -6.24. The highest BCUT2D eigenvalue weighted by molar-refractivity contribution is 6.74. The molecule has 348 valence electrons. The number of halogens is 2. The first kappa shape index (κ1) is 47.7. The summed E-state index contributed by atoms with van der Waals surface area (Å²) in [7, 11) is -0.489. The molecule has 0 radical (unpaired) electrons.